The second kappa shape index (κ2) is 8.26. The topological polar surface area (TPSA) is 75.9 Å². The van der Waals surface area contributed by atoms with E-state index >= 15 is 0 Å². The van der Waals surface area contributed by atoms with Crippen molar-refractivity contribution in [3.8, 4) is 5.75 Å². The molecule has 0 unspecified atom stereocenters. The van der Waals surface area contributed by atoms with E-state index < -0.39 is 0 Å². The average Bonchev–Trinajstić information content (AvgIpc) is 3.46. The van der Waals surface area contributed by atoms with Crippen LogP contribution in [0.1, 0.15) is 26.6 Å². The van der Waals surface area contributed by atoms with Gasteiger partial charge in [-0.05, 0) is 30.3 Å². The van der Waals surface area contributed by atoms with Crippen molar-refractivity contribution in [2.75, 3.05) is 26.2 Å². The maximum Gasteiger partial charge on any atom is 0.289 e. The standard InChI is InChI=1S/C20H19N3O4S/c24-19(15-3-1-4-17(11-15)27-12-16-13-28-14-21-16)22-6-8-23(9-7-22)20(25)18-5-2-10-26-18/h1-5,10-11,13-14H,6-9,12H2. The van der Waals surface area contributed by atoms with Gasteiger partial charge in [0.1, 0.15) is 12.4 Å². The van der Waals surface area contributed by atoms with Gasteiger partial charge in [0.15, 0.2) is 5.76 Å². The zero-order valence-corrected chi connectivity index (χ0v) is 15.9. The minimum Gasteiger partial charge on any atom is -0.487 e. The third-order valence-electron chi connectivity index (χ3n) is 4.54. The number of rotatable bonds is 5. The lowest BCUT2D eigenvalue weighted by atomic mass is 10.1. The fourth-order valence-electron chi connectivity index (χ4n) is 3.04. The molecule has 0 N–H and O–H groups in total. The molecule has 0 radical (unpaired) electrons. The van der Waals surface area contributed by atoms with Crippen LogP contribution in [0.5, 0.6) is 5.75 Å². The Bertz CT molecular complexity index is 932. The van der Waals surface area contributed by atoms with Crippen LogP contribution in [0.3, 0.4) is 0 Å². The van der Waals surface area contributed by atoms with Crippen LogP contribution in [0.15, 0.2) is 58.0 Å². The molecule has 0 spiro atoms. The number of hydrogen-bond donors (Lipinski definition) is 0. The summed E-state index contributed by atoms with van der Waals surface area (Å²) in [5.41, 5.74) is 3.19. The molecule has 4 rings (SSSR count). The third-order valence-corrected chi connectivity index (χ3v) is 5.17. The van der Waals surface area contributed by atoms with E-state index in [4.69, 9.17) is 9.15 Å². The van der Waals surface area contributed by atoms with Gasteiger partial charge >= 0.3 is 0 Å². The summed E-state index contributed by atoms with van der Waals surface area (Å²) in [6.07, 6.45) is 1.48. The maximum absolute atomic E-state index is 12.8. The van der Waals surface area contributed by atoms with Crippen molar-refractivity contribution in [2.45, 2.75) is 6.61 Å². The fraction of sp³-hybridized carbons (Fsp3) is 0.250. The fourth-order valence-corrected chi connectivity index (χ4v) is 3.58. The van der Waals surface area contributed by atoms with E-state index in [0.29, 0.717) is 49.9 Å². The van der Waals surface area contributed by atoms with E-state index in [1.54, 1.807) is 45.6 Å². The Morgan fingerprint density at radius 1 is 1.07 bits per heavy atom. The summed E-state index contributed by atoms with van der Waals surface area (Å²) in [5.74, 6) is 0.744. The van der Waals surface area contributed by atoms with Crippen molar-refractivity contribution in [1.82, 2.24) is 14.8 Å². The van der Waals surface area contributed by atoms with Gasteiger partial charge in [-0.15, -0.1) is 11.3 Å². The Morgan fingerprint density at radius 3 is 2.54 bits per heavy atom. The van der Waals surface area contributed by atoms with E-state index in [1.165, 1.54) is 17.6 Å². The number of ether oxygens (including phenoxy) is 1. The molecule has 0 aliphatic carbocycles. The number of benzene rings is 1. The Labute approximate surface area is 166 Å². The predicted octanol–water partition coefficient (Wildman–Crippen LogP) is 2.91. The molecule has 7 nitrogen and oxygen atoms in total. The van der Waals surface area contributed by atoms with E-state index in [1.807, 2.05) is 11.4 Å². The van der Waals surface area contributed by atoms with Crippen LogP contribution in [0.4, 0.5) is 0 Å². The van der Waals surface area contributed by atoms with E-state index in [9.17, 15) is 9.59 Å². The Hall–Kier alpha value is -3.13. The molecule has 3 heterocycles. The summed E-state index contributed by atoms with van der Waals surface area (Å²) < 4.78 is 10.9. The van der Waals surface area contributed by atoms with Crippen molar-refractivity contribution in [1.29, 1.82) is 0 Å². The molecule has 1 fully saturated rings. The molecule has 0 atom stereocenters. The molecule has 144 valence electrons. The number of piperazine rings is 1. The summed E-state index contributed by atoms with van der Waals surface area (Å²) >= 11 is 1.52. The Kier molecular flexibility index (Phi) is 5.38. The van der Waals surface area contributed by atoms with Crippen LogP contribution in [0.25, 0.3) is 0 Å². The summed E-state index contributed by atoms with van der Waals surface area (Å²) in [6.45, 7) is 2.29. The molecule has 2 amide bonds. The third kappa shape index (κ3) is 4.07. The van der Waals surface area contributed by atoms with Gasteiger partial charge in [-0.25, -0.2) is 4.98 Å². The van der Waals surface area contributed by atoms with Crippen LogP contribution in [0.2, 0.25) is 0 Å². The highest BCUT2D eigenvalue weighted by Crippen LogP contribution is 2.18. The smallest absolute Gasteiger partial charge is 0.289 e. The van der Waals surface area contributed by atoms with Crippen molar-refractivity contribution in [2.24, 2.45) is 0 Å². The number of aromatic nitrogens is 1. The highest BCUT2D eigenvalue weighted by Gasteiger charge is 2.26. The lowest BCUT2D eigenvalue weighted by Crippen LogP contribution is -2.50. The van der Waals surface area contributed by atoms with Gasteiger partial charge in [-0.3, -0.25) is 9.59 Å². The second-order valence-electron chi connectivity index (χ2n) is 6.36. The number of carbonyl (C=O) groups is 2. The Balaban J connectivity index is 1.34. The van der Waals surface area contributed by atoms with Gasteiger partial charge in [-0.1, -0.05) is 6.07 Å². The van der Waals surface area contributed by atoms with Crippen LogP contribution >= 0.6 is 11.3 Å². The van der Waals surface area contributed by atoms with E-state index in [2.05, 4.69) is 4.98 Å². The molecule has 3 aromatic rings. The van der Waals surface area contributed by atoms with Gasteiger partial charge in [-0.2, -0.15) is 0 Å². The van der Waals surface area contributed by atoms with Crippen LogP contribution in [0, 0.1) is 0 Å². The number of furan rings is 1. The molecule has 28 heavy (non-hydrogen) atoms. The zero-order valence-electron chi connectivity index (χ0n) is 15.1. The molecular formula is C20H19N3O4S. The normalized spacial score (nSPS) is 14.1. The molecule has 8 heteroatoms. The SMILES string of the molecule is O=C(c1cccc(OCc2cscn2)c1)N1CCN(C(=O)c2ccco2)CC1. The monoisotopic (exact) mass is 397 g/mol. The van der Waals surface area contributed by atoms with Crippen molar-refractivity contribution >= 4 is 23.2 Å². The van der Waals surface area contributed by atoms with Gasteiger partial charge in [0.25, 0.3) is 11.8 Å². The van der Waals surface area contributed by atoms with Crippen molar-refractivity contribution in [3.63, 3.8) is 0 Å². The zero-order chi connectivity index (χ0) is 19.3. The molecular weight excluding hydrogens is 378 g/mol. The van der Waals surface area contributed by atoms with Crippen LogP contribution in [-0.4, -0.2) is 52.8 Å². The average molecular weight is 397 g/mol. The van der Waals surface area contributed by atoms with Crippen LogP contribution in [-0.2, 0) is 6.61 Å². The first kappa shape index (κ1) is 18.2. The predicted molar refractivity (Wildman–Crippen MR) is 103 cm³/mol. The van der Waals surface area contributed by atoms with E-state index in [0.717, 1.165) is 5.69 Å². The maximum atomic E-state index is 12.8. The molecule has 1 aromatic carbocycles. The molecule has 1 aliphatic heterocycles. The number of amides is 2. The lowest BCUT2D eigenvalue weighted by molar-refractivity contribution is 0.0518. The highest BCUT2D eigenvalue weighted by molar-refractivity contribution is 7.07. The molecule has 0 saturated carbocycles. The summed E-state index contributed by atoms with van der Waals surface area (Å²) in [5, 5.41) is 1.93. The minimum absolute atomic E-state index is 0.0656. The Morgan fingerprint density at radius 2 is 1.86 bits per heavy atom. The number of carbonyl (C=O) groups excluding carboxylic acids is 2. The van der Waals surface area contributed by atoms with Gasteiger partial charge in [0.2, 0.25) is 0 Å². The van der Waals surface area contributed by atoms with Crippen molar-refractivity contribution in [3.05, 3.63) is 70.6 Å². The number of nitrogens with zero attached hydrogens (tertiary/aromatic N) is 3. The van der Waals surface area contributed by atoms with Crippen LogP contribution < -0.4 is 4.74 Å². The largest absolute Gasteiger partial charge is 0.487 e. The summed E-state index contributed by atoms with van der Waals surface area (Å²) in [6, 6.07) is 10.5. The first-order valence-electron chi connectivity index (χ1n) is 8.93. The lowest BCUT2D eigenvalue weighted by Gasteiger charge is -2.34. The molecule has 1 aliphatic rings. The summed E-state index contributed by atoms with van der Waals surface area (Å²) in [4.78, 5) is 32.8. The quantitative estimate of drug-likeness (QED) is 0.662. The van der Waals surface area contributed by atoms with Crippen molar-refractivity contribution < 1.29 is 18.7 Å². The number of thiazole rings is 1. The molecule has 1 saturated heterocycles. The van der Waals surface area contributed by atoms with Gasteiger partial charge in [0.05, 0.1) is 17.5 Å². The minimum atomic E-state index is -0.144. The molecule has 0 bridgehead atoms. The second-order valence-corrected chi connectivity index (χ2v) is 7.08. The van der Waals surface area contributed by atoms with Gasteiger partial charge < -0.3 is 19.0 Å². The first-order chi connectivity index (χ1) is 13.7. The first-order valence-corrected chi connectivity index (χ1v) is 9.87. The molecule has 2 aromatic heterocycles. The van der Waals surface area contributed by atoms with E-state index in [-0.39, 0.29) is 11.8 Å². The highest BCUT2D eigenvalue weighted by atomic mass is 32.1. The van der Waals surface area contributed by atoms with Gasteiger partial charge in [0, 0.05) is 37.1 Å². The summed E-state index contributed by atoms with van der Waals surface area (Å²) in [7, 11) is 0. The number of hydrogen-bond acceptors (Lipinski definition) is 6.